The Morgan fingerprint density at radius 2 is 1.92 bits per heavy atom. The van der Waals surface area contributed by atoms with Crippen molar-refractivity contribution in [3.05, 3.63) is 0 Å². The lowest BCUT2D eigenvalue weighted by atomic mass is 10.1. The minimum atomic E-state index is 0.792. The molecule has 1 aliphatic rings. The van der Waals surface area contributed by atoms with Crippen LogP contribution in [0.1, 0.15) is 33.6 Å². The first-order valence-corrected chi connectivity index (χ1v) is 5.72. The van der Waals surface area contributed by atoms with E-state index in [1.807, 2.05) is 0 Å². The van der Waals surface area contributed by atoms with Crippen LogP contribution >= 0.6 is 0 Å². The van der Waals surface area contributed by atoms with E-state index in [9.17, 15) is 0 Å². The maximum Gasteiger partial charge on any atom is 0.00683 e. The van der Waals surface area contributed by atoms with Gasteiger partial charge in [0.2, 0.25) is 0 Å². The van der Waals surface area contributed by atoms with E-state index in [0.717, 1.165) is 12.0 Å². The van der Waals surface area contributed by atoms with Gasteiger partial charge in [0, 0.05) is 12.6 Å². The van der Waals surface area contributed by atoms with Crippen LogP contribution in [0.4, 0.5) is 0 Å². The van der Waals surface area contributed by atoms with Crippen LogP contribution in [-0.4, -0.2) is 37.1 Å². The fourth-order valence-corrected chi connectivity index (χ4v) is 1.64. The largest absolute Gasteiger partial charge is 0.314 e. The second-order valence-corrected chi connectivity index (χ2v) is 4.27. The highest BCUT2D eigenvalue weighted by Gasteiger charge is 2.20. The first-order chi connectivity index (χ1) is 6.26. The maximum atomic E-state index is 3.58. The molecule has 0 aromatic heterocycles. The molecular formula is C11H24N2. The highest BCUT2D eigenvalue weighted by Crippen LogP contribution is 2.18. The van der Waals surface area contributed by atoms with E-state index in [4.69, 9.17) is 0 Å². The fourth-order valence-electron chi connectivity index (χ4n) is 1.64. The van der Waals surface area contributed by atoms with E-state index in [-0.39, 0.29) is 0 Å². The van der Waals surface area contributed by atoms with Gasteiger partial charge in [0.1, 0.15) is 0 Å². The van der Waals surface area contributed by atoms with Gasteiger partial charge in [-0.25, -0.2) is 0 Å². The summed E-state index contributed by atoms with van der Waals surface area (Å²) in [6.45, 7) is 11.6. The van der Waals surface area contributed by atoms with Gasteiger partial charge in [0.25, 0.3) is 0 Å². The first-order valence-electron chi connectivity index (χ1n) is 5.72. The van der Waals surface area contributed by atoms with Gasteiger partial charge in [-0.3, -0.25) is 0 Å². The van der Waals surface area contributed by atoms with Gasteiger partial charge in [-0.2, -0.15) is 0 Å². The van der Waals surface area contributed by atoms with Crippen molar-refractivity contribution in [2.45, 2.75) is 39.7 Å². The lowest BCUT2D eigenvalue weighted by molar-refractivity contribution is 0.257. The highest BCUT2D eigenvalue weighted by molar-refractivity contribution is 4.81. The number of nitrogens with zero attached hydrogens (tertiary/aromatic N) is 1. The Bertz CT molecular complexity index is 128. The van der Waals surface area contributed by atoms with Gasteiger partial charge in [-0.05, 0) is 38.4 Å². The Kier molecular flexibility index (Phi) is 4.74. The molecule has 0 aromatic carbocycles. The molecule has 1 rings (SSSR count). The molecule has 2 nitrogen and oxygen atoms in total. The molecule has 0 saturated heterocycles. The summed E-state index contributed by atoms with van der Waals surface area (Å²) in [5, 5.41) is 3.58. The monoisotopic (exact) mass is 184 g/mol. The Hall–Kier alpha value is -0.0800. The predicted molar refractivity (Wildman–Crippen MR) is 58.0 cm³/mol. The summed E-state index contributed by atoms with van der Waals surface area (Å²) in [6.07, 6.45) is 2.80. The molecule has 1 fully saturated rings. The topological polar surface area (TPSA) is 15.3 Å². The Labute approximate surface area is 82.7 Å². The molecule has 78 valence electrons. The van der Waals surface area contributed by atoms with Crippen LogP contribution in [0, 0.1) is 5.92 Å². The summed E-state index contributed by atoms with van der Waals surface area (Å²) in [6, 6.07) is 0.860. The molecule has 1 unspecified atom stereocenters. The zero-order valence-electron chi connectivity index (χ0n) is 9.34. The lowest BCUT2D eigenvalue weighted by Gasteiger charge is -2.22. The summed E-state index contributed by atoms with van der Waals surface area (Å²) < 4.78 is 0. The SMILES string of the molecule is CCN(CC)CC(C)CNC1CC1. The van der Waals surface area contributed by atoms with Crippen molar-refractivity contribution >= 4 is 0 Å². The summed E-state index contributed by atoms with van der Waals surface area (Å²) in [7, 11) is 0. The maximum absolute atomic E-state index is 3.58. The van der Waals surface area contributed by atoms with Crippen LogP contribution in [0.3, 0.4) is 0 Å². The molecule has 0 radical (unpaired) electrons. The normalized spacial score (nSPS) is 19.4. The zero-order chi connectivity index (χ0) is 9.68. The molecular weight excluding hydrogens is 160 g/mol. The van der Waals surface area contributed by atoms with Crippen molar-refractivity contribution in [3.63, 3.8) is 0 Å². The zero-order valence-corrected chi connectivity index (χ0v) is 9.34. The van der Waals surface area contributed by atoms with Crippen LogP contribution in [0.15, 0.2) is 0 Å². The third kappa shape index (κ3) is 4.63. The van der Waals surface area contributed by atoms with Crippen molar-refractivity contribution < 1.29 is 0 Å². The van der Waals surface area contributed by atoms with Gasteiger partial charge in [0.05, 0.1) is 0 Å². The van der Waals surface area contributed by atoms with Crippen LogP contribution in [0.5, 0.6) is 0 Å². The van der Waals surface area contributed by atoms with Gasteiger partial charge < -0.3 is 10.2 Å². The van der Waals surface area contributed by atoms with Crippen molar-refractivity contribution in [3.8, 4) is 0 Å². The van der Waals surface area contributed by atoms with E-state index in [0.29, 0.717) is 0 Å². The number of nitrogens with one attached hydrogen (secondary N) is 1. The third-order valence-electron chi connectivity index (χ3n) is 2.80. The fraction of sp³-hybridized carbons (Fsp3) is 1.00. The quantitative estimate of drug-likeness (QED) is 0.648. The Balaban J connectivity index is 2.03. The smallest absolute Gasteiger partial charge is 0.00683 e. The molecule has 1 N–H and O–H groups in total. The van der Waals surface area contributed by atoms with Gasteiger partial charge >= 0.3 is 0 Å². The molecule has 0 aromatic rings. The average Bonchev–Trinajstić information content (AvgIpc) is 2.94. The number of hydrogen-bond donors (Lipinski definition) is 1. The van der Waals surface area contributed by atoms with Gasteiger partial charge in [-0.1, -0.05) is 20.8 Å². The molecule has 1 aliphatic carbocycles. The number of rotatable bonds is 7. The summed E-state index contributed by atoms with van der Waals surface area (Å²) >= 11 is 0. The van der Waals surface area contributed by atoms with Crippen molar-refractivity contribution in [1.82, 2.24) is 10.2 Å². The van der Waals surface area contributed by atoms with Crippen LogP contribution in [0.25, 0.3) is 0 Å². The molecule has 0 amide bonds. The highest BCUT2D eigenvalue weighted by atomic mass is 15.1. The molecule has 0 aliphatic heterocycles. The molecule has 13 heavy (non-hydrogen) atoms. The molecule has 1 saturated carbocycles. The molecule has 0 spiro atoms. The van der Waals surface area contributed by atoms with Crippen molar-refractivity contribution in [2.75, 3.05) is 26.2 Å². The molecule has 1 atom stereocenters. The Morgan fingerprint density at radius 1 is 1.31 bits per heavy atom. The minimum absolute atomic E-state index is 0.792. The van der Waals surface area contributed by atoms with Crippen LogP contribution in [0.2, 0.25) is 0 Å². The van der Waals surface area contributed by atoms with Crippen LogP contribution in [-0.2, 0) is 0 Å². The molecule has 0 heterocycles. The van der Waals surface area contributed by atoms with Gasteiger partial charge in [-0.15, -0.1) is 0 Å². The first kappa shape index (κ1) is 11.0. The van der Waals surface area contributed by atoms with Crippen molar-refractivity contribution in [2.24, 2.45) is 5.92 Å². The Morgan fingerprint density at radius 3 is 2.38 bits per heavy atom. The second-order valence-electron chi connectivity index (χ2n) is 4.27. The standard InChI is InChI=1S/C11H24N2/c1-4-13(5-2)9-10(3)8-12-11-6-7-11/h10-12H,4-9H2,1-3H3. The summed E-state index contributed by atoms with van der Waals surface area (Å²) in [5.41, 5.74) is 0. The van der Waals surface area contributed by atoms with Crippen LogP contribution < -0.4 is 5.32 Å². The lowest BCUT2D eigenvalue weighted by Crippen LogP contribution is -2.33. The second kappa shape index (κ2) is 5.61. The third-order valence-corrected chi connectivity index (χ3v) is 2.80. The van der Waals surface area contributed by atoms with Gasteiger partial charge in [0.15, 0.2) is 0 Å². The average molecular weight is 184 g/mol. The van der Waals surface area contributed by atoms with E-state index >= 15 is 0 Å². The van der Waals surface area contributed by atoms with E-state index in [1.165, 1.54) is 39.0 Å². The van der Waals surface area contributed by atoms with E-state index < -0.39 is 0 Å². The predicted octanol–water partition coefficient (Wildman–Crippen LogP) is 1.72. The summed E-state index contributed by atoms with van der Waals surface area (Å²) in [5.74, 6) is 0.792. The number of hydrogen-bond acceptors (Lipinski definition) is 2. The molecule has 0 bridgehead atoms. The summed E-state index contributed by atoms with van der Waals surface area (Å²) in [4.78, 5) is 2.50. The van der Waals surface area contributed by atoms with Crippen molar-refractivity contribution in [1.29, 1.82) is 0 Å². The molecule has 2 heteroatoms. The van der Waals surface area contributed by atoms with E-state index in [1.54, 1.807) is 0 Å². The van der Waals surface area contributed by atoms with E-state index in [2.05, 4.69) is 31.0 Å². The minimum Gasteiger partial charge on any atom is -0.314 e.